The van der Waals surface area contributed by atoms with Crippen molar-refractivity contribution >= 4 is 77.6 Å². The molecule has 1 aromatic heterocycles. The normalized spacial score (nSPS) is 11.8. The molecule has 0 spiro atoms. The molecule has 0 N–H and O–H groups in total. The summed E-state index contributed by atoms with van der Waals surface area (Å²) in [4.78, 5) is 4.62. The largest absolute Gasteiger partial charge is 0.456 e. The van der Waals surface area contributed by atoms with Crippen LogP contribution in [0.15, 0.2) is 247 Å². The fraction of sp³-hybridized carbons (Fsp3) is 0. The van der Waals surface area contributed by atoms with E-state index in [4.69, 9.17) is 9.15 Å². The van der Waals surface area contributed by atoms with Gasteiger partial charge in [0.25, 0.3) is 0 Å². The number of furan rings is 1. The van der Waals surface area contributed by atoms with E-state index >= 15 is 0 Å². The minimum atomic E-state index is 0.817. The molecule has 66 heavy (non-hydrogen) atoms. The molecule has 0 radical (unpaired) electrons. The highest BCUT2D eigenvalue weighted by atomic mass is 16.5. The molecular formula is C62H40N2O2. The van der Waals surface area contributed by atoms with Gasteiger partial charge in [-0.05, 0) is 123 Å². The third kappa shape index (κ3) is 6.22. The average Bonchev–Trinajstić information content (AvgIpc) is 3.77. The van der Waals surface area contributed by atoms with E-state index < -0.39 is 0 Å². The summed E-state index contributed by atoms with van der Waals surface area (Å²) in [6, 6.07) is 86.1. The first kappa shape index (κ1) is 37.7. The second kappa shape index (κ2) is 15.4. The van der Waals surface area contributed by atoms with E-state index in [0.717, 1.165) is 89.6 Å². The molecule has 0 saturated carbocycles. The molecule has 1 aliphatic heterocycles. The van der Waals surface area contributed by atoms with E-state index in [1.807, 2.05) is 18.2 Å². The smallest absolute Gasteiger partial charge is 0.159 e. The Hall–Kier alpha value is -8.86. The van der Waals surface area contributed by atoms with Crippen LogP contribution in [0.25, 0.3) is 76.9 Å². The van der Waals surface area contributed by atoms with Gasteiger partial charge in [-0.15, -0.1) is 0 Å². The molecule has 0 aliphatic carbocycles. The zero-order chi connectivity index (χ0) is 43.6. The minimum Gasteiger partial charge on any atom is -0.456 e. The number of hydrogen-bond donors (Lipinski definition) is 0. The lowest BCUT2D eigenvalue weighted by molar-refractivity contribution is 0.487. The van der Waals surface area contributed by atoms with Gasteiger partial charge in [0.05, 0.1) is 17.1 Å². The van der Waals surface area contributed by atoms with Crippen LogP contribution in [0, 0.1) is 0 Å². The highest BCUT2D eigenvalue weighted by molar-refractivity contribution is 6.18. The van der Waals surface area contributed by atoms with Crippen molar-refractivity contribution in [2.45, 2.75) is 0 Å². The van der Waals surface area contributed by atoms with Crippen molar-refractivity contribution in [3.05, 3.63) is 243 Å². The van der Waals surface area contributed by atoms with Crippen LogP contribution >= 0.6 is 0 Å². The fourth-order valence-corrected chi connectivity index (χ4v) is 9.98. The van der Waals surface area contributed by atoms with Crippen LogP contribution < -0.4 is 14.5 Å². The van der Waals surface area contributed by atoms with Gasteiger partial charge in [0.2, 0.25) is 0 Å². The van der Waals surface area contributed by atoms with E-state index in [0.29, 0.717) is 0 Å². The first-order chi connectivity index (χ1) is 32.7. The van der Waals surface area contributed by atoms with Crippen molar-refractivity contribution in [3.8, 4) is 44.9 Å². The topological polar surface area (TPSA) is 28.9 Å². The lowest BCUT2D eigenvalue weighted by Crippen LogP contribution is -2.11. The number of hydrogen-bond acceptors (Lipinski definition) is 4. The van der Waals surface area contributed by atoms with E-state index in [2.05, 4.69) is 234 Å². The Labute approximate surface area is 382 Å². The zero-order valence-electron chi connectivity index (χ0n) is 35.8. The van der Waals surface area contributed by atoms with Crippen molar-refractivity contribution < 1.29 is 9.15 Å². The van der Waals surface area contributed by atoms with Crippen molar-refractivity contribution in [1.82, 2.24) is 0 Å². The van der Waals surface area contributed by atoms with Gasteiger partial charge in [-0.1, -0.05) is 152 Å². The lowest BCUT2D eigenvalue weighted by Gasteiger charge is -2.28. The second-order valence-electron chi connectivity index (χ2n) is 16.8. The molecule has 2 heterocycles. The summed E-state index contributed by atoms with van der Waals surface area (Å²) in [5, 5.41) is 6.86. The van der Waals surface area contributed by atoms with Gasteiger partial charge < -0.3 is 19.0 Å². The first-order valence-electron chi connectivity index (χ1n) is 22.4. The molecule has 13 rings (SSSR count). The van der Waals surface area contributed by atoms with Gasteiger partial charge in [0.15, 0.2) is 5.58 Å². The van der Waals surface area contributed by atoms with E-state index in [9.17, 15) is 0 Å². The Balaban J connectivity index is 0.883. The summed E-state index contributed by atoms with van der Waals surface area (Å²) in [6.45, 7) is 0. The Bertz CT molecular complexity index is 3790. The van der Waals surface area contributed by atoms with Crippen molar-refractivity contribution in [2.75, 3.05) is 9.80 Å². The SMILES string of the molecule is c1ccc(-c2ccccc2N(c2ccccc2)c2ccc(-c3ccc4cc5c6c(cccc6c4c3)Oc3cc(N(c4ccccc4)c4cccc6c4oc4ccccc46)ccc3-5)cc2)cc1. The number of para-hydroxylation sites is 5. The van der Waals surface area contributed by atoms with E-state index in [1.165, 1.54) is 32.8 Å². The molecule has 0 atom stereocenters. The molecule has 0 fully saturated rings. The standard InChI is InChI=1S/C62H40N2O2/c1-4-16-42(17-5-1)49-22-10-12-26-56(49)63(45-18-6-2-7-19-45)47-34-32-41(33-35-47)43-30-31-44-39-55-51-37-36-48(40-60(51)65-59-29-15-24-52(61(55)59)54(44)38-43)64(46-20-8-3-9-21-46)57-27-14-25-53-50-23-11-13-28-58(50)66-62(53)57/h1-40H. The quantitative estimate of drug-likeness (QED) is 0.143. The number of benzene rings is 11. The zero-order valence-corrected chi connectivity index (χ0v) is 35.8. The van der Waals surface area contributed by atoms with Crippen molar-refractivity contribution in [2.24, 2.45) is 0 Å². The molecule has 0 amide bonds. The van der Waals surface area contributed by atoms with Crippen LogP contribution in [0.1, 0.15) is 0 Å². The number of anilines is 6. The van der Waals surface area contributed by atoms with E-state index in [-0.39, 0.29) is 0 Å². The number of ether oxygens (including phenoxy) is 1. The molecule has 4 heteroatoms. The maximum Gasteiger partial charge on any atom is 0.159 e. The molecule has 0 saturated heterocycles. The van der Waals surface area contributed by atoms with Crippen LogP contribution in [0.2, 0.25) is 0 Å². The van der Waals surface area contributed by atoms with E-state index in [1.54, 1.807) is 0 Å². The molecule has 1 aliphatic rings. The monoisotopic (exact) mass is 844 g/mol. The van der Waals surface area contributed by atoms with Gasteiger partial charge >= 0.3 is 0 Å². The number of rotatable bonds is 8. The molecule has 11 aromatic carbocycles. The summed E-state index contributed by atoms with van der Waals surface area (Å²) in [5.74, 6) is 1.67. The summed E-state index contributed by atoms with van der Waals surface area (Å²) in [6.07, 6.45) is 0. The van der Waals surface area contributed by atoms with Crippen molar-refractivity contribution in [3.63, 3.8) is 0 Å². The van der Waals surface area contributed by atoms with Gasteiger partial charge in [-0.3, -0.25) is 0 Å². The summed E-state index contributed by atoms with van der Waals surface area (Å²) in [7, 11) is 0. The highest BCUT2D eigenvalue weighted by Crippen LogP contribution is 2.52. The third-order valence-electron chi connectivity index (χ3n) is 13.0. The number of nitrogens with zero attached hydrogens (tertiary/aromatic N) is 2. The Kier molecular flexibility index (Phi) is 8.81. The molecule has 0 bridgehead atoms. The fourth-order valence-electron chi connectivity index (χ4n) is 9.98. The lowest BCUT2D eigenvalue weighted by atomic mass is 9.89. The molecule has 310 valence electrons. The van der Waals surface area contributed by atoms with Gasteiger partial charge in [0, 0.05) is 50.4 Å². The predicted molar refractivity (Wildman–Crippen MR) is 274 cm³/mol. The maximum absolute atomic E-state index is 6.90. The highest BCUT2D eigenvalue weighted by Gasteiger charge is 2.26. The average molecular weight is 845 g/mol. The van der Waals surface area contributed by atoms with Crippen molar-refractivity contribution in [1.29, 1.82) is 0 Å². The second-order valence-corrected chi connectivity index (χ2v) is 16.8. The summed E-state index contributed by atoms with van der Waals surface area (Å²) >= 11 is 0. The van der Waals surface area contributed by atoms with Crippen LogP contribution in [0.4, 0.5) is 34.1 Å². The van der Waals surface area contributed by atoms with Crippen LogP contribution in [0.3, 0.4) is 0 Å². The third-order valence-corrected chi connectivity index (χ3v) is 13.0. The first-order valence-corrected chi connectivity index (χ1v) is 22.4. The molecule has 0 unspecified atom stereocenters. The maximum atomic E-state index is 6.90. The Morgan fingerprint density at radius 1 is 0.303 bits per heavy atom. The van der Waals surface area contributed by atoms with Gasteiger partial charge in [-0.25, -0.2) is 0 Å². The van der Waals surface area contributed by atoms with Crippen LogP contribution in [-0.4, -0.2) is 0 Å². The van der Waals surface area contributed by atoms with Crippen LogP contribution in [0.5, 0.6) is 11.5 Å². The Morgan fingerprint density at radius 2 is 0.909 bits per heavy atom. The Morgan fingerprint density at radius 3 is 1.71 bits per heavy atom. The number of fused-ring (bicyclic) bond motifs is 7. The summed E-state index contributed by atoms with van der Waals surface area (Å²) < 4.78 is 13.5. The van der Waals surface area contributed by atoms with Gasteiger partial charge in [-0.2, -0.15) is 0 Å². The molecule has 4 nitrogen and oxygen atoms in total. The minimum absolute atomic E-state index is 0.817. The summed E-state index contributed by atoms with van der Waals surface area (Å²) in [5.41, 5.74) is 14.9. The van der Waals surface area contributed by atoms with Gasteiger partial charge in [0.1, 0.15) is 17.1 Å². The van der Waals surface area contributed by atoms with Crippen LogP contribution in [-0.2, 0) is 0 Å². The predicted octanol–water partition coefficient (Wildman–Crippen LogP) is 17.9. The molecular weight excluding hydrogens is 805 g/mol. The molecule has 12 aromatic rings.